The Morgan fingerprint density at radius 2 is 1.89 bits per heavy atom. The van der Waals surface area contributed by atoms with Crippen LogP contribution >= 0.6 is 12.6 Å². The fraction of sp³-hybridized carbons (Fsp3) is 0.714. The molecular weight excluding hydrogens is 246 g/mol. The van der Waals surface area contributed by atoms with Crippen LogP contribution in [0.15, 0.2) is 12.2 Å². The van der Waals surface area contributed by atoms with Crippen LogP contribution in [0.1, 0.15) is 46.5 Å². The third-order valence-electron chi connectivity index (χ3n) is 2.97. The van der Waals surface area contributed by atoms with Gasteiger partial charge in [0.15, 0.2) is 5.78 Å². The number of thiol groups is 1. The van der Waals surface area contributed by atoms with Gasteiger partial charge in [-0.25, -0.2) is 0 Å². The molecule has 2 unspecified atom stereocenters. The highest BCUT2D eigenvalue weighted by Gasteiger charge is 2.21. The van der Waals surface area contributed by atoms with Gasteiger partial charge in [-0.3, -0.25) is 9.59 Å². The minimum Gasteiger partial charge on any atom is -0.346 e. The number of amides is 1. The van der Waals surface area contributed by atoms with Crippen molar-refractivity contribution in [3.05, 3.63) is 12.2 Å². The maximum atomic E-state index is 11.7. The third kappa shape index (κ3) is 7.54. The SMILES string of the molecule is CCC(C)C(NC(=O)CC/C=C/CCS)C(C)=O. The lowest BCUT2D eigenvalue weighted by Gasteiger charge is -2.21. The summed E-state index contributed by atoms with van der Waals surface area (Å²) in [6.07, 6.45) is 6.97. The fourth-order valence-electron chi connectivity index (χ4n) is 1.65. The van der Waals surface area contributed by atoms with E-state index < -0.39 is 0 Å². The Balaban J connectivity index is 4.07. The number of allylic oxidation sites excluding steroid dienone is 2. The summed E-state index contributed by atoms with van der Waals surface area (Å²) < 4.78 is 0. The van der Waals surface area contributed by atoms with Crippen LogP contribution in [-0.2, 0) is 9.59 Å². The molecule has 0 fully saturated rings. The molecule has 0 bridgehead atoms. The van der Waals surface area contributed by atoms with Gasteiger partial charge in [-0.1, -0.05) is 32.4 Å². The van der Waals surface area contributed by atoms with Crippen LogP contribution in [0.2, 0.25) is 0 Å². The standard InChI is InChI=1S/C14H25NO2S/c1-4-11(2)14(12(3)16)15-13(17)9-7-5-6-8-10-18/h5-6,11,14,18H,4,7-10H2,1-3H3,(H,15,17)/b6-5+. The summed E-state index contributed by atoms with van der Waals surface area (Å²) >= 11 is 4.10. The van der Waals surface area contributed by atoms with E-state index in [9.17, 15) is 9.59 Å². The van der Waals surface area contributed by atoms with Gasteiger partial charge >= 0.3 is 0 Å². The normalized spacial score (nSPS) is 14.4. The predicted molar refractivity (Wildman–Crippen MR) is 78.9 cm³/mol. The van der Waals surface area contributed by atoms with Crippen LogP contribution in [0.4, 0.5) is 0 Å². The second-order valence-corrected chi connectivity index (χ2v) is 5.01. The van der Waals surface area contributed by atoms with Crippen molar-refractivity contribution in [2.75, 3.05) is 5.75 Å². The number of rotatable bonds is 9. The summed E-state index contributed by atoms with van der Waals surface area (Å²) in [5, 5.41) is 2.82. The first kappa shape index (κ1) is 17.2. The van der Waals surface area contributed by atoms with Crippen molar-refractivity contribution < 1.29 is 9.59 Å². The van der Waals surface area contributed by atoms with Crippen molar-refractivity contribution in [1.82, 2.24) is 5.32 Å². The molecule has 0 aromatic heterocycles. The van der Waals surface area contributed by atoms with Gasteiger partial charge in [0, 0.05) is 6.42 Å². The van der Waals surface area contributed by atoms with Crippen molar-refractivity contribution in [3.8, 4) is 0 Å². The molecule has 0 aromatic carbocycles. The van der Waals surface area contributed by atoms with Gasteiger partial charge in [0.05, 0.1) is 6.04 Å². The highest BCUT2D eigenvalue weighted by Crippen LogP contribution is 2.09. The van der Waals surface area contributed by atoms with Crippen molar-refractivity contribution >= 4 is 24.3 Å². The molecule has 0 radical (unpaired) electrons. The van der Waals surface area contributed by atoms with Crippen LogP contribution in [0.25, 0.3) is 0 Å². The largest absolute Gasteiger partial charge is 0.346 e. The second kappa shape index (κ2) is 10.2. The lowest BCUT2D eigenvalue weighted by molar-refractivity contribution is -0.127. The van der Waals surface area contributed by atoms with Gasteiger partial charge in [0.1, 0.15) is 0 Å². The molecule has 0 spiro atoms. The highest BCUT2D eigenvalue weighted by molar-refractivity contribution is 7.80. The lowest BCUT2D eigenvalue weighted by atomic mass is 9.96. The molecule has 0 aromatic rings. The average Bonchev–Trinajstić information content (AvgIpc) is 2.34. The first-order chi connectivity index (χ1) is 8.52. The topological polar surface area (TPSA) is 46.2 Å². The van der Waals surface area contributed by atoms with Gasteiger partial charge in [-0.2, -0.15) is 12.6 Å². The number of hydrogen-bond donors (Lipinski definition) is 2. The van der Waals surface area contributed by atoms with Crippen molar-refractivity contribution in [3.63, 3.8) is 0 Å². The minimum absolute atomic E-state index is 0.0308. The van der Waals surface area contributed by atoms with E-state index in [0.29, 0.717) is 12.8 Å². The molecule has 104 valence electrons. The summed E-state index contributed by atoms with van der Waals surface area (Å²) in [6.45, 7) is 5.54. The maximum Gasteiger partial charge on any atom is 0.220 e. The first-order valence-electron chi connectivity index (χ1n) is 6.58. The zero-order chi connectivity index (χ0) is 14.0. The van der Waals surface area contributed by atoms with Crippen LogP contribution in [0.5, 0.6) is 0 Å². The number of carbonyl (C=O) groups is 2. The summed E-state index contributed by atoms with van der Waals surface area (Å²) in [5.74, 6) is 0.990. The van der Waals surface area contributed by atoms with Crippen LogP contribution in [0.3, 0.4) is 0 Å². The zero-order valence-corrected chi connectivity index (χ0v) is 12.5. The summed E-state index contributed by atoms with van der Waals surface area (Å²) in [6, 6.07) is -0.344. The minimum atomic E-state index is -0.344. The van der Waals surface area contributed by atoms with Crippen LogP contribution < -0.4 is 5.32 Å². The molecule has 0 aliphatic carbocycles. The molecule has 0 aliphatic rings. The lowest BCUT2D eigenvalue weighted by Crippen LogP contribution is -2.43. The molecule has 0 heterocycles. The van der Waals surface area contributed by atoms with Crippen LogP contribution in [-0.4, -0.2) is 23.5 Å². The molecule has 18 heavy (non-hydrogen) atoms. The van der Waals surface area contributed by atoms with E-state index in [1.54, 1.807) is 0 Å². The molecule has 2 atom stereocenters. The molecule has 0 saturated carbocycles. The van der Waals surface area contributed by atoms with E-state index in [1.807, 2.05) is 26.0 Å². The Bertz CT molecular complexity index is 290. The summed E-state index contributed by atoms with van der Waals surface area (Å²) in [7, 11) is 0. The molecule has 1 N–H and O–H groups in total. The first-order valence-corrected chi connectivity index (χ1v) is 7.21. The Morgan fingerprint density at radius 1 is 1.28 bits per heavy atom. The Morgan fingerprint density at radius 3 is 2.39 bits per heavy atom. The molecule has 0 saturated heterocycles. The number of carbonyl (C=O) groups excluding carboxylic acids is 2. The molecule has 1 amide bonds. The van der Waals surface area contributed by atoms with Gasteiger partial charge in [0.25, 0.3) is 0 Å². The number of nitrogens with one attached hydrogen (secondary N) is 1. The number of Topliss-reactive ketones (excluding diaryl/α,β-unsaturated/α-hetero) is 1. The van der Waals surface area contributed by atoms with E-state index >= 15 is 0 Å². The third-order valence-corrected chi connectivity index (χ3v) is 3.23. The van der Waals surface area contributed by atoms with Crippen LogP contribution in [0, 0.1) is 5.92 Å². The van der Waals surface area contributed by atoms with Crippen molar-refractivity contribution in [1.29, 1.82) is 0 Å². The molecule has 3 nitrogen and oxygen atoms in total. The predicted octanol–water partition coefficient (Wildman–Crippen LogP) is 2.76. The Hall–Kier alpha value is -0.770. The second-order valence-electron chi connectivity index (χ2n) is 4.56. The summed E-state index contributed by atoms with van der Waals surface area (Å²) in [5.41, 5.74) is 0. The van der Waals surface area contributed by atoms with E-state index in [-0.39, 0.29) is 23.7 Å². The smallest absolute Gasteiger partial charge is 0.220 e. The molecular formula is C14H25NO2S. The molecule has 0 rings (SSSR count). The van der Waals surface area contributed by atoms with E-state index in [2.05, 4.69) is 17.9 Å². The number of ketones is 1. The van der Waals surface area contributed by atoms with Gasteiger partial charge in [-0.05, 0) is 31.4 Å². The molecule has 4 heteroatoms. The van der Waals surface area contributed by atoms with Gasteiger partial charge in [-0.15, -0.1) is 0 Å². The van der Waals surface area contributed by atoms with Gasteiger partial charge in [0.2, 0.25) is 5.91 Å². The fourth-order valence-corrected chi connectivity index (χ4v) is 1.80. The van der Waals surface area contributed by atoms with E-state index in [4.69, 9.17) is 0 Å². The van der Waals surface area contributed by atoms with E-state index in [1.165, 1.54) is 6.92 Å². The summed E-state index contributed by atoms with van der Waals surface area (Å²) in [4.78, 5) is 23.2. The Kier molecular flexibility index (Phi) is 9.74. The highest BCUT2D eigenvalue weighted by atomic mass is 32.1. The van der Waals surface area contributed by atoms with Crippen molar-refractivity contribution in [2.45, 2.75) is 52.5 Å². The van der Waals surface area contributed by atoms with Gasteiger partial charge < -0.3 is 5.32 Å². The van der Waals surface area contributed by atoms with E-state index in [0.717, 1.165) is 18.6 Å². The molecule has 0 aliphatic heterocycles. The average molecular weight is 271 g/mol. The van der Waals surface area contributed by atoms with Crippen molar-refractivity contribution in [2.24, 2.45) is 5.92 Å². The monoisotopic (exact) mass is 271 g/mol. The zero-order valence-electron chi connectivity index (χ0n) is 11.6. The Labute approximate surface area is 116 Å². The maximum absolute atomic E-state index is 11.7. The number of hydrogen-bond acceptors (Lipinski definition) is 3. The quantitative estimate of drug-likeness (QED) is 0.500.